The second kappa shape index (κ2) is 3.78. The van der Waals surface area contributed by atoms with Gasteiger partial charge in [0.25, 0.3) is 0 Å². The van der Waals surface area contributed by atoms with Gasteiger partial charge >= 0.3 is 0 Å². The molecule has 0 atom stereocenters. The van der Waals surface area contributed by atoms with E-state index in [4.69, 9.17) is 9.62 Å². The van der Waals surface area contributed by atoms with E-state index in [0.29, 0.717) is 6.42 Å². The van der Waals surface area contributed by atoms with Crippen LogP contribution in [0.3, 0.4) is 0 Å². The first-order valence-electron chi connectivity index (χ1n) is 3.28. The molecule has 1 heterocycles. The second-order valence-electron chi connectivity index (χ2n) is 2.11. The van der Waals surface area contributed by atoms with Crippen LogP contribution in [0.15, 0.2) is 22.8 Å². The maximum Gasteiger partial charge on any atom is 0.243 e. The van der Waals surface area contributed by atoms with Crippen molar-refractivity contribution in [3.05, 3.63) is 24.2 Å². The van der Waals surface area contributed by atoms with Gasteiger partial charge in [-0.1, -0.05) is 0 Å². The van der Waals surface area contributed by atoms with Crippen molar-refractivity contribution in [2.24, 2.45) is 0 Å². The molecule has 0 fully saturated rings. The van der Waals surface area contributed by atoms with Gasteiger partial charge in [-0.3, -0.25) is 10.0 Å². The van der Waals surface area contributed by atoms with Crippen LogP contribution in [0.2, 0.25) is 0 Å². The van der Waals surface area contributed by atoms with E-state index in [9.17, 15) is 4.79 Å². The summed E-state index contributed by atoms with van der Waals surface area (Å²) in [6.07, 6.45) is 2.30. The van der Waals surface area contributed by atoms with E-state index in [1.165, 1.54) is 0 Å². The Morgan fingerprint density at radius 1 is 1.73 bits per heavy atom. The number of carbonyl (C=O) groups is 1. The fourth-order valence-electron chi connectivity index (χ4n) is 0.747. The standard InChI is InChI=1S/C7H9NO3/c9-7(8-10)4-3-6-2-1-5-11-6/h1-2,5,10H,3-4H2,(H,8,9). The Kier molecular flexibility index (Phi) is 2.68. The monoisotopic (exact) mass is 155 g/mol. The van der Waals surface area contributed by atoms with Crippen LogP contribution in [0.25, 0.3) is 0 Å². The fourth-order valence-corrected chi connectivity index (χ4v) is 0.747. The molecule has 0 aliphatic carbocycles. The lowest BCUT2D eigenvalue weighted by Crippen LogP contribution is -2.18. The van der Waals surface area contributed by atoms with E-state index >= 15 is 0 Å². The van der Waals surface area contributed by atoms with Crippen molar-refractivity contribution >= 4 is 5.91 Å². The molecule has 1 rings (SSSR count). The highest BCUT2D eigenvalue weighted by atomic mass is 16.5. The number of rotatable bonds is 3. The number of hydroxylamine groups is 1. The van der Waals surface area contributed by atoms with Gasteiger partial charge in [0.05, 0.1) is 6.26 Å². The van der Waals surface area contributed by atoms with E-state index in [1.54, 1.807) is 23.9 Å². The zero-order chi connectivity index (χ0) is 8.10. The average Bonchev–Trinajstić information content (AvgIpc) is 2.52. The normalized spacial score (nSPS) is 9.55. The van der Waals surface area contributed by atoms with Crippen LogP contribution in [-0.2, 0) is 11.2 Å². The summed E-state index contributed by atoms with van der Waals surface area (Å²) in [5.74, 6) is 0.343. The topological polar surface area (TPSA) is 62.5 Å². The number of hydrogen-bond donors (Lipinski definition) is 2. The van der Waals surface area contributed by atoms with E-state index in [1.807, 2.05) is 0 Å². The zero-order valence-electron chi connectivity index (χ0n) is 5.91. The average molecular weight is 155 g/mol. The lowest BCUT2D eigenvalue weighted by Gasteiger charge is -1.94. The minimum Gasteiger partial charge on any atom is -0.469 e. The molecule has 0 saturated carbocycles. The highest BCUT2D eigenvalue weighted by Crippen LogP contribution is 2.02. The molecule has 0 aliphatic rings. The molecule has 11 heavy (non-hydrogen) atoms. The van der Waals surface area contributed by atoms with Gasteiger partial charge in [0, 0.05) is 12.8 Å². The molecule has 0 aromatic carbocycles. The molecule has 0 spiro atoms. The quantitative estimate of drug-likeness (QED) is 0.499. The van der Waals surface area contributed by atoms with Crippen molar-refractivity contribution in [1.29, 1.82) is 0 Å². The fraction of sp³-hybridized carbons (Fsp3) is 0.286. The molecule has 1 aromatic heterocycles. The van der Waals surface area contributed by atoms with Crippen molar-refractivity contribution in [2.45, 2.75) is 12.8 Å². The Morgan fingerprint density at radius 2 is 2.55 bits per heavy atom. The third-order valence-electron chi connectivity index (χ3n) is 1.30. The molecule has 4 heteroatoms. The Hall–Kier alpha value is -1.29. The van der Waals surface area contributed by atoms with Crippen LogP contribution < -0.4 is 5.48 Å². The Balaban J connectivity index is 2.29. The third kappa shape index (κ3) is 2.43. The highest BCUT2D eigenvalue weighted by Gasteiger charge is 2.00. The van der Waals surface area contributed by atoms with Crippen LogP contribution in [-0.4, -0.2) is 11.1 Å². The molecule has 0 bridgehead atoms. The second-order valence-corrected chi connectivity index (χ2v) is 2.11. The summed E-state index contributed by atoms with van der Waals surface area (Å²) in [5, 5.41) is 8.13. The van der Waals surface area contributed by atoms with Gasteiger partial charge in [-0.2, -0.15) is 0 Å². The predicted octanol–water partition coefficient (Wildman–Crippen LogP) is 0.718. The molecule has 2 N–H and O–H groups in total. The number of carbonyl (C=O) groups excluding carboxylic acids is 1. The predicted molar refractivity (Wildman–Crippen MR) is 37.0 cm³/mol. The van der Waals surface area contributed by atoms with Gasteiger partial charge in [-0.05, 0) is 12.1 Å². The van der Waals surface area contributed by atoms with Crippen molar-refractivity contribution in [3.63, 3.8) is 0 Å². The smallest absolute Gasteiger partial charge is 0.243 e. The molecule has 60 valence electrons. The summed E-state index contributed by atoms with van der Waals surface area (Å²) in [6, 6.07) is 3.54. The number of nitrogens with one attached hydrogen (secondary N) is 1. The first-order valence-corrected chi connectivity index (χ1v) is 3.28. The number of amides is 1. The first-order chi connectivity index (χ1) is 5.33. The zero-order valence-corrected chi connectivity index (χ0v) is 5.91. The molecule has 0 unspecified atom stereocenters. The summed E-state index contributed by atoms with van der Waals surface area (Å²) in [5.41, 5.74) is 1.55. The summed E-state index contributed by atoms with van der Waals surface area (Å²) in [6.45, 7) is 0. The van der Waals surface area contributed by atoms with Crippen LogP contribution in [0.1, 0.15) is 12.2 Å². The summed E-state index contributed by atoms with van der Waals surface area (Å²) in [4.78, 5) is 10.5. The van der Waals surface area contributed by atoms with Gasteiger partial charge in [-0.25, -0.2) is 5.48 Å². The van der Waals surface area contributed by atoms with Gasteiger partial charge in [0.1, 0.15) is 5.76 Å². The van der Waals surface area contributed by atoms with Crippen molar-refractivity contribution in [2.75, 3.05) is 0 Å². The van der Waals surface area contributed by atoms with Gasteiger partial charge in [0.15, 0.2) is 0 Å². The Labute approximate surface area is 63.8 Å². The van der Waals surface area contributed by atoms with Crippen LogP contribution in [0, 0.1) is 0 Å². The molecule has 4 nitrogen and oxygen atoms in total. The van der Waals surface area contributed by atoms with Crippen LogP contribution in [0.4, 0.5) is 0 Å². The maximum absolute atomic E-state index is 10.5. The number of hydrogen-bond acceptors (Lipinski definition) is 3. The van der Waals surface area contributed by atoms with E-state index < -0.39 is 5.91 Å². The molecular weight excluding hydrogens is 146 g/mol. The maximum atomic E-state index is 10.5. The Bertz CT molecular complexity index is 218. The van der Waals surface area contributed by atoms with Crippen molar-refractivity contribution < 1.29 is 14.4 Å². The SMILES string of the molecule is O=C(CCc1ccco1)NO. The van der Waals surface area contributed by atoms with Crippen LogP contribution in [0.5, 0.6) is 0 Å². The molecule has 1 amide bonds. The van der Waals surface area contributed by atoms with Gasteiger partial charge in [0.2, 0.25) is 5.91 Å². The summed E-state index contributed by atoms with van der Waals surface area (Å²) in [7, 11) is 0. The molecule has 0 radical (unpaired) electrons. The van der Waals surface area contributed by atoms with E-state index in [-0.39, 0.29) is 6.42 Å². The molecular formula is C7H9NO3. The summed E-state index contributed by atoms with van der Waals surface area (Å²) >= 11 is 0. The van der Waals surface area contributed by atoms with Crippen molar-refractivity contribution in [3.8, 4) is 0 Å². The Morgan fingerprint density at radius 3 is 3.09 bits per heavy atom. The lowest BCUT2D eigenvalue weighted by molar-refractivity contribution is -0.129. The van der Waals surface area contributed by atoms with E-state index in [0.717, 1.165) is 5.76 Å². The third-order valence-corrected chi connectivity index (χ3v) is 1.30. The van der Waals surface area contributed by atoms with Crippen molar-refractivity contribution in [1.82, 2.24) is 5.48 Å². The van der Waals surface area contributed by atoms with Gasteiger partial charge in [-0.15, -0.1) is 0 Å². The van der Waals surface area contributed by atoms with E-state index in [2.05, 4.69) is 0 Å². The van der Waals surface area contributed by atoms with Crippen LogP contribution >= 0.6 is 0 Å². The molecule has 1 aromatic rings. The largest absolute Gasteiger partial charge is 0.469 e. The lowest BCUT2D eigenvalue weighted by atomic mass is 10.2. The van der Waals surface area contributed by atoms with Gasteiger partial charge < -0.3 is 4.42 Å². The molecule has 0 saturated heterocycles. The molecule has 0 aliphatic heterocycles. The summed E-state index contributed by atoms with van der Waals surface area (Å²) < 4.78 is 4.97. The minimum absolute atomic E-state index is 0.240. The highest BCUT2D eigenvalue weighted by molar-refractivity contribution is 5.74. The number of aryl methyl sites for hydroxylation is 1. The minimum atomic E-state index is -0.401. The first kappa shape index (κ1) is 7.81. The number of furan rings is 1.